The lowest BCUT2D eigenvalue weighted by Crippen LogP contribution is -2.13. The molecule has 4 nitrogen and oxygen atoms in total. The molecule has 0 aliphatic rings. The molecule has 2 aromatic carbocycles. The van der Waals surface area contributed by atoms with Crippen molar-refractivity contribution in [2.24, 2.45) is 0 Å². The summed E-state index contributed by atoms with van der Waals surface area (Å²) in [6, 6.07) is 14.3. The van der Waals surface area contributed by atoms with Crippen molar-refractivity contribution < 1.29 is 9.18 Å². The van der Waals surface area contributed by atoms with Gasteiger partial charge < -0.3 is 9.72 Å². The van der Waals surface area contributed by atoms with E-state index in [0.717, 1.165) is 28.0 Å². The smallest absolute Gasteiger partial charge is 0.255 e. The number of pyridine rings is 1. The van der Waals surface area contributed by atoms with E-state index in [1.807, 2.05) is 61.0 Å². The maximum atomic E-state index is 13.8. The van der Waals surface area contributed by atoms with E-state index in [-0.39, 0.29) is 11.5 Å². The molecule has 4 rings (SSSR count). The largest absolute Gasteiger partial charge is 0.322 e. The molecule has 28 heavy (non-hydrogen) atoms. The van der Waals surface area contributed by atoms with Gasteiger partial charge >= 0.3 is 0 Å². The van der Waals surface area contributed by atoms with Crippen LogP contribution in [0.1, 0.15) is 27.0 Å². The summed E-state index contributed by atoms with van der Waals surface area (Å²) >= 11 is 0. The van der Waals surface area contributed by atoms with Crippen molar-refractivity contribution in [3.63, 3.8) is 0 Å². The van der Waals surface area contributed by atoms with Gasteiger partial charge in [-0.3, -0.25) is 4.79 Å². The highest BCUT2D eigenvalue weighted by molar-refractivity contribution is 6.05. The lowest BCUT2D eigenvalue weighted by molar-refractivity contribution is 0.102. The third kappa shape index (κ3) is 3.39. The summed E-state index contributed by atoms with van der Waals surface area (Å²) in [6.07, 6.45) is 3.93. The van der Waals surface area contributed by atoms with Crippen LogP contribution in [0.4, 0.5) is 10.1 Å². The normalized spacial score (nSPS) is 11.0. The summed E-state index contributed by atoms with van der Waals surface area (Å²) in [7, 11) is 0. The van der Waals surface area contributed by atoms with Crippen molar-refractivity contribution in [1.82, 2.24) is 9.38 Å². The molecule has 0 saturated carbocycles. The Balaban J connectivity index is 1.66. The molecule has 5 heteroatoms. The number of nitrogens with one attached hydrogen (secondary N) is 1. The monoisotopic (exact) mass is 373 g/mol. The number of rotatable bonds is 3. The van der Waals surface area contributed by atoms with Crippen molar-refractivity contribution in [3.05, 3.63) is 89.0 Å². The molecule has 1 amide bonds. The quantitative estimate of drug-likeness (QED) is 0.528. The highest BCUT2D eigenvalue weighted by Gasteiger charge is 2.12. The fourth-order valence-corrected chi connectivity index (χ4v) is 3.07. The van der Waals surface area contributed by atoms with Gasteiger partial charge in [-0.1, -0.05) is 18.2 Å². The molecule has 1 N–H and O–H groups in total. The second-order valence-corrected chi connectivity index (χ2v) is 7.04. The Bertz CT molecular complexity index is 1210. The summed E-state index contributed by atoms with van der Waals surface area (Å²) in [5.41, 5.74) is 6.14. The number of hydrogen-bond acceptors (Lipinski definition) is 2. The lowest BCUT2D eigenvalue weighted by Gasteiger charge is -2.10. The molecule has 0 radical (unpaired) electrons. The van der Waals surface area contributed by atoms with Gasteiger partial charge in [0.05, 0.1) is 5.69 Å². The maximum Gasteiger partial charge on any atom is 0.255 e. The Hall–Kier alpha value is -3.47. The fraction of sp³-hybridized carbons (Fsp3) is 0.130. The molecule has 0 aliphatic carbocycles. The summed E-state index contributed by atoms with van der Waals surface area (Å²) in [5.74, 6) is -0.733. The molecule has 0 atom stereocenters. The molecule has 0 saturated heterocycles. The Kier molecular flexibility index (Phi) is 4.43. The first-order valence-corrected chi connectivity index (χ1v) is 9.04. The Morgan fingerprint density at radius 1 is 1.00 bits per heavy atom. The van der Waals surface area contributed by atoms with Crippen molar-refractivity contribution in [3.8, 4) is 11.3 Å². The standard InChI is InChI=1S/C23H20FN3O/c1-14-8-9-27-13-21(25-22(27)10-14)17-6-5-16(3)20(12-17)26-23(28)18-7-4-15(2)19(24)11-18/h4-13H,1-3H3,(H,26,28). The van der Waals surface area contributed by atoms with E-state index >= 15 is 0 Å². The Morgan fingerprint density at radius 3 is 2.57 bits per heavy atom. The molecule has 4 aromatic rings. The van der Waals surface area contributed by atoms with Crippen LogP contribution in [0.15, 0.2) is 60.9 Å². The van der Waals surface area contributed by atoms with Gasteiger partial charge in [-0.15, -0.1) is 0 Å². The number of carbonyl (C=O) groups is 1. The topological polar surface area (TPSA) is 46.4 Å². The number of aryl methyl sites for hydroxylation is 3. The first-order chi connectivity index (χ1) is 13.4. The van der Waals surface area contributed by atoms with E-state index in [0.29, 0.717) is 11.3 Å². The zero-order valence-electron chi connectivity index (χ0n) is 16.0. The number of fused-ring (bicyclic) bond motifs is 1. The number of carbonyl (C=O) groups excluding carboxylic acids is 1. The number of nitrogens with zero attached hydrogens (tertiary/aromatic N) is 2. The molecule has 2 heterocycles. The Morgan fingerprint density at radius 2 is 1.79 bits per heavy atom. The third-order valence-electron chi connectivity index (χ3n) is 4.83. The second-order valence-electron chi connectivity index (χ2n) is 7.04. The number of aromatic nitrogens is 2. The minimum Gasteiger partial charge on any atom is -0.322 e. The van der Waals surface area contributed by atoms with Crippen molar-refractivity contribution in [2.75, 3.05) is 5.32 Å². The fourth-order valence-electron chi connectivity index (χ4n) is 3.07. The summed E-state index contributed by atoms with van der Waals surface area (Å²) in [5, 5.41) is 2.89. The second kappa shape index (κ2) is 6.93. The average molecular weight is 373 g/mol. The SMILES string of the molecule is Cc1ccn2cc(-c3ccc(C)c(NC(=O)c4ccc(C)c(F)c4)c3)nc2c1. The number of anilines is 1. The number of benzene rings is 2. The molecule has 0 fully saturated rings. The van der Waals surface area contributed by atoms with Crippen LogP contribution < -0.4 is 5.32 Å². The maximum absolute atomic E-state index is 13.8. The van der Waals surface area contributed by atoms with E-state index in [2.05, 4.69) is 10.3 Å². The minimum absolute atomic E-state index is 0.288. The van der Waals surface area contributed by atoms with Crippen LogP contribution in [0.3, 0.4) is 0 Å². The van der Waals surface area contributed by atoms with Crippen molar-refractivity contribution in [2.45, 2.75) is 20.8 Å². The number of imidazole rings is 1. The first-order valence-electron chi connectivity index (χ1n) is 9.04. The van der Waals surface area contributed by atoms with Gasteiger partial charge in [0, 0.05) is 29.2 Å². The van der Waals surface area contributed by atoms with E-state index in [4.69, 9.17) is 0 Å². The van der Waals surface area contributed by atoms with Crippen LogP contribution in [-0.2, 0) is 0 Å². The summed E-state index contributed by atoms with van der Waals surface area (Å²) in [4.78, 5) is 17.2. The number of amides is 1. The molecule has 0 bridgehead atoms. The third-order valence-corrected chi connectivity index (χ3v) is 4.83. The van der Waals surface area contributed by atoms with Gasteiger partial charge in [0.1, 0.15) is 11.5 Å². The average Bonchev–Trinajstić information content (AvgIpc) is 3.08. The van der Waals surface area contributed by atoms with E-state index in [1.54, 1.807) is 19.1 Å². The molecule has 0 spiro atoms. The minimum atomic E-state index is -0.391. The van der Waals surface area contributed by atoms with Gasteiger partial charge in [0.25, 0.3) is 5.91 Å². The van der Waals surface area contributed by atoms with E-state index in [1.165, 1.54) is 6.07 Å². The summed E-state index contributed by atoms with van der Waals surface area (Å²) in [6.45, 7) is 5.62. The van der Waals surface area contributed by atoms with Crippen LogP contribution in [0, 0.1) is 26.6 Å². The van der Waals surface area contributed by atoms with Crippen LogP contribution in [-0.4, -0.2) is 15.3 Å². The van der Waals surface area contributed by atoms with Crippen LogP contribution >= 0.6 is 0 Å². The molecule has 140 valence electrons. The van der Waals surface area contributed by atoms with Crippen LogP contribution in [0.25, 0.3) is 16.9 Å². The van der Waals surface area contributed by atoms with Crippen LogP contribution in [0.5, 0.6) is 0 Å². The van der Waals surface area contributed by atoms with Gasteiger partial charge in [0.15, 0.2) is 0 Å². The summed E-state index contributed by atoms with van der Waals surface area (Å²) < 4.78 is 15.7. The van der Waals surface area contributed by atoms with Gasteiger partial charge in [-0.25, -0.2) is 9.37 Å². The van der Waals surface area contributed by atoms with Crippen LogP contribution in [0.2, 0.25) is 0 Å². The molecule has 2 aromatic heterocycles. The van der Waals surface area contributed by atoms with Gasteiger partial charge in [0.2, 0.25) is 0 Å². The lowest BCUT2D eigenvalue weighted by atomic mass is 10.1. The highest BCUT2D eigenvalue weighted by Crippen LogP contribution is 2.26. The molecular formula is C23H20FN3O. The van der Waals surface area contributed by atoms with E-state index < -0.39 is 5.82 Å². The molecule has 0 unspecified atom stereocenters. The predicted octanol–water partition coefficient (Wildman–Crippen LogP) is 5.32. The van der Waals surface area contributed by atoms with Crippen molar-refractivity contribution >= 4 is 17.2 Å². The van der Waals surface area contributed by atoms with Gasteiger partial charge in [-0.2, -0.15) is 0 Å². The Labute approximate surface area is 162 Å². The zero-order valence-corrected chi connectivity index (χ0v) is 16.0. The van der Waals surface area contributed by atoms with Crippen molar-refractivity contribution in [1.29, 1.82) is 0 Å². The van der Waals surface area contributed by atoms with E-state index in [9.17, 15) is 9.18 Å². The molecule has 0 aliphatic heterocycles. The number of hydrogen-bond donors (Lipinski definition) is 1. The number of halogens is 1. The first kappa shape index (κ1) is 17.9. The molecular weight excluding hydrogens is 353 g/mol. The zero-order chi connectivity index (χ0) is 19.8. The predicted molar refractivity (Wildman–Crippen MR) is 109 cm³/mol. The highest BCUT2D eigenvalue weighted by atomic mass is 19.1. The van der Waals surface area contributed by atoms with Gasteiger partial charge in [-0.05, 0) is 67.8 Å².